The summed E-state index contributed by atoms with van der Waals surface area (Å²) in [5.74, 6) is 0.159. The van der Waals surface area contributed by atoms with Crippen LogP contribution in [0.25, 0.3) is 0 Å². The molecule has 1 aliphatic heterocycles. The number of carbonyl (C=O) groups is 2. The first kappa shape index (κ1) is 15.3. The fourth-order valence-corrected chi connectivity index (χ4v) is 2.20. The number of amides is 2. The molecule has 1 N–H and O–H groups in total. The number of piperazine rings is 1. The normalized spacial score (nSPS) is 15.6. The van der Waals surface area contributed by atoms with Crippen molar-refractivity contribution in [3.63, 3.8) is 0 Å². The predicted octanol–water partition coefficient (Wildman–Crippen LogP) is 0.199. The van der Waals surface area contributed by atoms with Crippen LogP contribution in [0.1, 0.15) is 10.4 Å². The summed E-state index contributed by atoms with van der Waals surface area (Å²) in [5, 5.41) is 2.56. The molecule has 0 radical (unpaired) electrons. The van der Waals surface area contributed by atoms with Crippen molar-refractivity contribution >= 4 is 11.8 Å². The Labute approximate surface area is 124 Å². The van der Waals surface area contributed by atoms with E-state index in [1.807, 2.05) is 7.05 Å². The molecule has 1 heterocycles. The molecule has 0 bridgehead atoms. The van der Waals surface area contributed by atoms with Crippen molar-refractivity contribution in [2.24, 2.45) is 0 Å². The fourth-order valence-electron chi connectivity index (χ4n) is 2.20. The summed E-state index contributed by atoms with van der Waals surface area (Å²) >= 11 is 0. The van der Waals surface area contributed by atoms with Crippen LogP contribution in [0, 0.1) is 0 Å². The van der Waals surface area contributed by atoms with Gasteiger partial charge in [0.1, 0.15) is 5.75 Å². The van der Waals surface area contributed by atoms with Gasteiger partial charge in [0.25, 0.3) is 11.8 Å². The van der Waals surface area contributed by atoms with E-state index >= 15 is 0 Å². The van der Waals surface area contributed by atoms with Crippen molar-refractivity contribution in [3.8, 4) is 5.75 Å². The average Bonchev–Trinajstić information content (AvgIpc) is 2.52. The van der Waals surface area contributed by atoms with E-state index in [0.29, 0.717) is 11.3 Å². The first-order valence-electron chi connectivity index (χ1n) is 7.02. The van der Waals surface area contributed by atoms with Crippen molar-refractivity contribution in [2.45, 2.75) is 0 Å². The topological polar surface area (TPSA) is 61.9 Å². The molecule has 1 aliphatic rings. The summed E-state index contributed by atoms with van der Waals surface area (Å²) in [5.41, 5.74) is 0.436. The van der Waals surface area contributed by atoms with Crippen molar-refractivity contribution < 1.29 is 14.3 Å². The second kappa shape index (κ2) is 7.08. The molecule has 1 fully saturated rings. The van der Waals surface area contributed by atoms with E-state index in [1.54, 1.807) is 36.2 Å². The smallest absolute Gasteiger partial charge is 0.260 e. The molecule has 0 atom stereocenters. The van der Waals surface area contributed by atoms with Crippen LogP contribution in [0.5, 0.6) is 5.75 Å². The molecule has 114 valence electrons. The van der Waals surface area contributed by atoms with Crippen molar-refractivity contribution in [1.29, 1.82) is 0 Å². The molecule has 0 unspecified atom stereocenters. The number of likely N-dealkylation sites (N-methyl/N-ethyl adjacent to an activating group) is 1. The number of hydrogen-bond acceptors (Lipinski definition) is 4. The van der Waals surface area contributed by atoms with E-state index in [9.17, 15) is 9.59 Å². The van der Waals surface area contributed by atoms with Gasteiger partial charge < -0.3 is 19.9 Å². The lowest BCUT2D eigenvalue weighted by molar-refractivity contribution is -0.134. The summed E-state index contributed by atoms with van der Waals surface area (Å²) < 4.78 is 5.54. The predicted molar refractivity (Wildman–Crippen MR) is 79.4 cm³/mol. The quantitative estimate of drug-likeness (QED) is 0.861. The highest BCUT2D eigenvalue weighted by Crippen LogP contribution is 2.17. The lowest BCUT2D eigenvalue weighted by Crippen LogP contribution is -2.48. The van der Waals surface area contributed by atoms with E-state index in [-0.39, 0.29) is 18.4 Å². The number of benzene rings is 1. The number of hydrogen-bond donors (Lipinski definition) is 1. The Morgan fingerprint density at radius 1 is 1.19 bits per heavy atom. The minimum atomic E-state index is -0.224. The maximum atomic E-state index is 12.1. The summed E-state index contributed by atoms with van der Waals surface area (Å²) in [4.78, 5) is 27.8. The van der Waals surface area contributed by atoms with Gasteiger partial charge in [-0.2, -0.15) is 0 Å². The average molecular weight is 291 g/mol. The molecule has 6 heteroatoms. The standard InChI is InChI=1S/C15H21N3O3/c1-16-15(20)12-5-3-4-6-13(12)21-11-14(19)18-9-7-17(2)8-10-18/h3-6H,7-11H2,1-2H3,(H,16,20). The fraction of sp³-hybridized carbons (Fsp3) is 0.467. The van der Waals surface area contributed by atoms with Crippen LogP contribution in [0.2, 0.25) is 0 Å². The number of ether oxygens (including phenoxy) is 1. The lowest BCUT2D eigenvalue weighted by atomic mass is 10.2. The van der Waals surface area contributed by atoms with Gasteiger partial charge in [-0.3, -0.25) is 9.59 Å². The molecule has 0 spiro atoms. The van der Waals surface area contributed by atoms with E-state index in [1.165, 1.54) is 0 Å². The van der Waals surface area contributed by atoms with Crippen LogP contribution in [-0.2, 0) is 4.79 Å². The molecule has 2 amide bonds. The van der Waals surface area contributed by atoms with Gasteiger partial charge in [0.2, 0.25) is 0 Å². The zero-order valence-corrected chi connectivity index (χ0v) is 12.5. The highest BCUT2D eigenvalue weighted by molar-refractivity contribution is 5.96. The second-order valence-corrected chi connectivity index (χ2v) is 5.05. The number of rotatable bonds is 4. The number of para-hydroxylation sites is 1. The van der Waals surface area contributed by atoms with Gasteiger partial charge in [0.15, 0.2) is 6.61 Å². The Balaban J connectivity index is 1.94. The second-order valence-electron chi connectivity index (χ2n) is 5.05. The first-order chi connectivity index (χ1) is 10.1. The van der Waals surface area contributed by atoms with E-state index in [4.69, 9.17) is 4.74 Å². The van der Waals surface area contributed by atoms with Crippen LogP contribution < -0.4 is 10.1 Å². The number of nitrogens with one attached hydrogen (secondary N) is 1. The van der Waals surface area contributed by atoms with E-state index < -0.39 is 0 Å². The molecule has 2 rings (SSSR count). The summed E-state index contributed by atoms with van der Waals surface area (Å²) in [6.07, 6.45) is 0. The van der Waals surface area contributed by atoms with Crippen molar-refractivity contribution in [3.05, 3.63) is 29.8 Å². The highest BCUT2D eigenvalue weighted by Gasteiger charge is 2.20. The Morgan fingerprint density at radius 3 is 2.52 bits per heavy atom. The molecule has 1 aromatic rings. The van der Waals surface area contributed by atoms with Gasteiger partial charge >= 0.3 is 0 Å². The number of nitrogens with zero attached hydrogens (tertiary/aromatic N) is 2. The molecular weight excluding hydrogens is 270 g/mol. The zero-order chi connectivity index (χ0) is 15.2. The van der Waals surface area contributed by atoms with Gasteiger partial charge in [-0.25, -0.2) is 0 Å². The van der Waals surface area contributed by atoms with Crippen molar-refractivity contribution in [1.82, 2.24) is 15.1 Å². The SMILES string of the molecule is CNC(=O)c1ccccc1OCC(=O)N1CCN(C)CC1. The molecule has 21 heavy (non-hydrogen) atoms. The molecule has 1 saturated heterocycles. The Morgan fingerprint density at radius 2 is 1.86 bits per heavy atom. The summed E-state index contributed by atoms with van der Waals surface area (Å²) in [6.45, 7) is 3.14. The molecule has 0 aromatic heterocycles. The Hall–Kier alpha value is -2.08. The third-order valence-electron chi connectivity index (χ3n) is 3.57. The minimum absolute atomic E-state index is 0.0439. The van der Waals surface area contributed by atoms with Crippen LogP contribution >= 0.6 is 0 Å². The number of carbonyl (C=O) groups excluding carboxylic acids is 2. The minimum Gasteiger partial charge on any atom is -0.483 e. The van der Waals surface area contributed by atoms with Gasteiger partial charge in [0.05, 0.1) is 5.56 Å². The largest absolute Gasteiger partial charge is 0.483 e. The summed E-state index contributed by atoms with van der Waals surface area (Å²) in [6, 6.07) is 6.91. The van der Waals surface area contributed by atoms with Gasteiger partial charge in [0, 0.05) is 33.2 Å². The van der Waals surface area contributed by atoms with Crippen LogP contribution in [0.15, 0.2) is 24.3 Å². The van der Waals surface area contributed by atoms with E-state index in [2.05, 4.69) is 10.2 Å². The van der Waals surface area contributed by atoms with Crippen LogP contribution in [-0.4, -0.2) is 68.5 Å². The molecule has 0 aliphatic carbocycles. The third kappa shape index (κ3) is 3.95. The van der Waals surface area contributed by atoms with Gasteiger partial charge in [-0.05, 0) is 19.2 Å². The first-order valence-corrected chi connectivity index (χ1v) is 7.02. The van der Waals surface area contributed by atoms with E-state index in [0.717, 1.165) is 26.2 Å². The third-order valence-corrected chi connectivity index (χ3v) is 3.57. The Kier molecular flexibility index (Phi) is 5.16. The Bertz CT molecular complexity index is 511. The maximum Gasteiger partial charge on any atom is 0.260 e. The summed E-state index contributed by atoms with van der Waals surface area (Å²) in [7, 11) is 3.60. The molecular formula is C15H21N3O3. The lowest BCUT2D eigenvalue weighted by Gasteiger charge is -2.32. The molecule has 1 aromatic carbocycles. The van der Waals surface area contributed by atoms with Crippen LogP contribution in [0.3, 0.4) is 0 Å². The molecule has 6 nitrogen and oxygen atoms in total. The zero-order valence-electron chi connectivity index (χ0n) is 12.5. The van der Waals surface area contributed by atoms with Crippen molar-refractivity contribution in [2.75, 3.05) is 46.9 Å². The van der Waals surface area contributed by atoms with Gasteiger partial charge in [-0.1, -0.05) is 12.1 Å². The maximum absolute atomic E-state index is 12.1. The molecule has 0 saturated carbocycles. The van der Waals surface area contributed by atoms with Gasteiger partial charge in [-0.15, -0.1) is 0 Å². The van der Waals surface area contributed by atoms with Crippen LogP contribution in [0.4, 0.5) is 0 Å². The highest BCUT2D eigenvalue weighted by atomic mass is 16.5. The monoisotopic (exact) mass is 291 g/mol.